The molecule has 14 heavy (non-hydrogen) atoms. The molecular weight excluding hydrogens is 174 g/mol. The van der Waals surface area contributed by atoms with Crippen molar-refractivity contribution < 1.29 is 0 Å². The number of likely N-dealkylation sites (N-methyl/N-ethyl adjacent to an activating group) is 1. The molecule has 0 unspecified atom stereocenters. The molecule has 80 valence electrons. The normalized spacial score (nSPS) is 12.1. The van der Waals surface area contributed by atoms with Gasteiger partial charge < -0.3 is 5.32 Å². The molecule has 0 amide bonds. The number of nitrogens with one attached hydrogen (secondary N) is 1. The van der Waals surface area contributed by atoms with E-state index in [4.69, 9.17) is 0 Å². The summed E-state index contributed by atoms with van der Waals surface area (Å²) in [6.45, 7) is 7.67. The van der Waals surface area contributed by atoms with Gasteiger partial charge in [0, 0.05) is 26.2 Å². The third-order valence-electron chi connectivity index (χ3n) is 2.33. The minimum Gasteiger partial charge on any atom is -0.319 e. The Morgan fingerprint density at radius 1 is 1.43 bits per heavy atom. The lowest BCUT2D eigenvalue weighted by molar-refractivity contribution is 0.580. The molecule has 0 bridgehead atoms. The zero-order chi connectivity index (χ0) is 10.8. The molecule has 1 aromatic heterocycles. The van der Waals surface area contributed by atoms with Gasteiger partial charge in [0.1, 0.15) is 0 Å². The lowest BCUT2D eigenvalue weighted by atomic mass is 9.87. The minimum absolute atomic E-state index is 0.192. The molecule has 1 heterocycles. The quantitative estimate of drug-likeness (QED) is 0.791. The second-order valence-corrected chi connectivity index (χ2v) is 4.77. The smallest absolute Gasteiger partial charge is 0.0674 e. The first-order chi connectivity index (χ1) is 6.45. The van der Waals surface area contributed by atoms with Crippen LogP contribution in [0.3, 0.4) is 0 Å². The van der Waals surface area contributed by atoms with E-state index in [0.717, 1.165) is 13.0 Å². The van der Waals surface area contributed by atoms with Crippen LogP contribution < -0.4 is 5.32 Å². The van der Waals surface area contributed by atoms with Gasteiger partial charge >= 0.3 is 0 Å². The fraction of sp³-hybridized carbons (Fsp3) is 0.727. The number of aromatic nitrogens is 2. The summed E-state index contributed by atoms with van der Waals surface area (Å²) in [5.41, 5.74) is 2.77. The van der Waals surface area contributed by atoms with Gasteiger partial charge in [0.2, 0.25) is 0 Å². The standard InChI is InChI=1S/C11H21N3/c1-11(2,3)9-8-14(5)13-10(9)6-7-12-4/h8,12H,6-7H2,1-5H3. The summed E-state index contributed by atoms with van der Waals surface area (Å²) >= 11 is 0. The number of aryl methyl sites for hydroxylation is 1. The molecule has 1 rings (SSSR count). The fourth-order valence-electron chi connectivity index (χ4n) is 1.59. The summed E-state index contributed by atoms with van der Waals surface area (Å²) in [5.74, 6) is 0. The summed E-state index contributed by atoms with van der Waals surface area (Å²) < 4.78 is 1.91. The summed E-state index contributed by atoms with van der Waals surface area (Å²) in [6.07, 6.45) is 3.13. The van der Waals surface area contributed by atoms with Crippen molar-refractivity contribution >= 4 is 0 Å². The Hall–Kier alpha value is -0.830. The molecule has 3 nitrogen and oxygen atoms in total. The second kappa shape index (κ2) is 4.13. The third-order valence-corrected chi connectivity index (χ3v) is 2.33. The summed E-state index contributed by atoms with van der Waals surface area (Å²) in [4.78, 5) is 0. The van der Waals surface area contributed by atoms with Gasteiger partial charge in [0.15, 0.2) is 0 Å². The van der Waals surface area contributed by atoms with Gasteiger partial charge in [-0.1, -0.05) is 20.8 Å². The van der Waals surface area contributed by atoms with Gasteiger partial charge in [0.05, 0.1) is 5.69 Å². The Bertz CT molecular complexity index is 294. The zero-order valence-corrected chi connectivity index (χ0v) is 9.89. The third kappa shape index (κ3) is 2.58. The summed E-state index contributed by atoms with van der Waals surface area (Å²) in [6, 6.07) is 0. The van der Waals surface area contributed by atoms with E-state index in [2.05, 4.69) is 37.4 Å². The van der Waals surface area contributed by atoms with Crippen molar-refractivity contribution in [2.45, 2.75) is 32.6 Å². The highest BCUT2D eigenvalue weighted by Gasteiger charge is 2.20. The molecular formula is C11H21N3. The van der Waals surface area contributed by atoms with Crippen molar-refractivity contribution in [1.82, 2.24) is 15.1 Å². The predicted octanol–water partition coefficient (Wildman–Crippen LogP) is 1.48. The first-order valence-corrected chi connectivity index (χ1v) is 5.12. The monoisotopic (exact) mass is 195 g/mol. The SMILES string of the molecule is CNCCc1nn(C)cc1C(C)(C)C. The maximum absolute atomic E-state index is 4.49. The maximum Gasteiger partial charge on any atom is 0.0674 e. The average Bonchev–Trinajstić information content (AvgIpc) is 2.42. The van der Waals surface area contributed by atoms with Crippen LogP contribution in [-0.2, 0) is 18.9 Å². The van der Waals surface area contributed by atoms with E-state index in [9.17, 15) is 0 Å². The van der Waals surface area contributed by atoms with Crippen LogP contribution in [0.25, 0.3) is 0 Å². The van der Waals surface area contributed by atoms with Gasteiger partial charge in [-0.2, -0.15) is 5.10 Å². The molecule has 0 aliphatic carbocycles. The van der Waals surface area contributed by atoms with Gasteiger partial charge in [0.25, 0.3) is 0 Å². The molecule has 0 aliphatic heterocycles. The highest BCUT2D eigenvalue weighted by atomic mass is 15.3. The van der Waals surface area contributed by atoms with E-state index in [1.54, 1.807) is 0 Å². The van der Waals surface area contributed by atoms with E-state index in [1.165, 1.54) is 11.3 Å². The number of nitrogens with zero attached hydrogens (tertiary/aromatic N) is 2. The van der Waals surface area contributed by atoms with E-state index in [1.807, 2.05) is 18.8 Å². The lowest BCUT2D eigenvalue weighted by Crippen LogP contribution is -2.16. The largest absolute Gasteiger partial charge is 0.319 e. The van der Waals surface area contributed by atoms with Crippen LogP contribution in [0.2, 0.25) is 0 Å². The topological polar surface area (TPSA) is 29.9 Å². The molecule has 0 spiro atoms. The van der Waals surface area contributed by atoms with E-state index in [-0.39, 0.29) is 5.41 Å². The van der Waals surface area contributed by atoms with Crippen molar-refractivity contribution in [1.29, 1.82) is 0 Å². The highest BCUT2D eigenvalue weighted by molar-refractivity contribution is 5.25. The molecule has 0 fully saturated rings. The minimum atomic E-state index is 0.192. The van der Waals surface area contributed by atoms with Crippen LogP contribution in [0.5, 0.6) is 0 Å². The Morgan fingerprint density at radius 2 is 2.07 bits per heavy atom. The molecule has 3 heteroatoms. The Morgan fingerprint density at radius 3 is 2.57 bits per heavy atom. The number of rotatable bonds is 3. The average molecular weight is 195 g/mol. The zero-order valence-electron chi connectivity index (χ0n) is 9.89. The van der Waals surface area contributed by atoms with Crippen molar-refractivity contribution in [2.75, 3.05) is 13.6 Å². The molecule has 0 aromatic carbocycles. The number of hydrogen-bond acceptors (Lipinski definition) is 2. The summed E-state index contributed by atoms with van der Waals surface area (Å²) in [7, 11) is 3.96. The highest BCUT2D eigenvalue weighted by Crippen LogP contribution is 2.24. The van der Waals surface area contributed by atoms with E-state index >= 15 is 0 Å². The van der Waals surface area contributed by atoms with Crippen LogP contribution in [0, 0.1) is 0 Å². The number of hydrogen-bond donors (Lipinski definition) is 1. The summed E-state index contributed by atoms with van der Waals surface area (Å²) in [5, 5.41) is 7.65. The van der Waals surface area contributed by atoms with Crippen LogP contribution in [0.15, 0.2) is 6.20 Å². The Balaban J connectivity index is 2.91. The molecule has 0 atom stereocenters. The molecule has 0 saturated heterocycles. The first-order valence-electron chi connectivity index (χ1n) is 5.12. The van der Waals surface area contributed by atoms with Crippen molar-refractivity contribution in [3.63, 3.8) is 0 Å². The van der Waals surface area contributed by atoms with Gasteiger partial charge in [-0.25, -0.2) is 0 Å². The fourth-order valence-corrected chi connectivity index (χ4v) is 1.59. The Kier molecular flexibility index (Phi) is 3.32. The van der Waals surface area contributed by atoms with Crippen LogP contribution in [-0.4, -0.2) is 23.4 Å². The molecule has 0 radical (unpaired) electrons. The van der Waals surface area contributed by atoms with Crippen molar-refractivity contribution in [2.24, 2.45) is 7.05 Å². The first kappa shape index (κ1) is 11.2. The van der Waals surface area contributed by atoms with Gasteiger partial charge in [-0.3, -0.25) is 4.68 Å². The van der Waals surface area contributed by atoms with Crippen molar-refractivity contribution in [3.8, 4) is 0 Å². The second-order valence-electron chi connectivity index (χ2n) is 4.77. The van der Waals surface area contributed by atoms with Crippen molar-refractivity contribution in [3.05, 3.63) is 17.5 Å². The molecule has 1 aromatic rings. The predicted molar refractivity (Wildman–Crippen MR) is 59.5 cm³/mol. The lowest BCUT2D eigenvalue weighted by Gasteiger charge is -2.18. The van der Waals surface area contributed by atoms with Gasteiger partial charge in [-0.15, -0.1) is 0 Å². The van der Waals surface area contributed by atoms with E-state index < -0.39 is 0 Å². The maximum atomic E-state index is 4.49. The van der Waals surface area contributed by atoms with Crippen LogP contribution >= 0.6 is 0 Å². The van der Waals surface area contributed by atoms with Crippen LogP contribution in [0.1, 0.15) is 32.0 Å². The Labute approximate surface area is 86.5 Å². The molecule has 0 saturated carbocycles. The van der Waals surface area contributed by atoms with Crippen LogP contribution in [0.4, 0.5) is 0 Å². The molecule has 0 aliphatic rings. The molecule has 1 N–H and O–H groups in total. The van der Waals surface area contributed by atoms with Gasteiger partial charge in [-0.05, 0) is 18.0 Å². The van der Waals surface area contributed by atoms with E-state index in [0.29, 0.717) is 0 Å².